The van der Waals surface area contributed by atoms with E-state index < -0.39 is 5.82 Å². The van der Waals surface area contributed by atoms with E-state index in [0.29, 0.717) is 61.5 Å². The number of H-pyrrole nitrogens is 1. The Bertz CT molecular complexity index is 1030. The summed E-state index contributed by atoms with van der Waals surface area (Å²) in [6, 6.07) is 5.14. The van der Waals surface area contributed by atoms with Gasteiger partial charge in [0.25, 0.3) is 11.5 Å². The molecule has 1 atom stereocenters. The molecule has 1 unspecified atom stereocenters. The lowest BCUT2D eigenvalue weighted by molar-refractivity contribution is -0.132. The first kappa shape index (κ1) is 21.2. The average Bonchev–Trinajstić information content (AvgIpc) is 2.79. The van der Waals surface area contributed by atoms with Crippen LogP contribution in [0.15, 0.2) is 29.1 Å². The standard InChI is InChI=1S/C23H27FN4O3/c1-2-5-20(29)27-13-11-17-18(14-27)25-21(26-22(17)30)19-6-3-4-12-28(19)23(31)15-7-9-16(24)10-8-15/h7-10,19H,2-6,11-14H2,1H3,(H,25,26,30). The summed E-state index contributed by atoms with van der Waals surface area (Å²) < 4.78 is 13.3. The lowest BCUT2D eigenvalue weighted by Crippen LogP contribution is -2.42. The summed E-state index contributed by atoms with van der Waals surface area (Å²) in [5, 5.41) is 0. The average molecular weight is 426 g/mol. The molecule has 2 aliphatic heterocycles. The first-order chi connectivity index (χ1) is 15.0. The minimum atomic E-state index is -0.394. The Hall–Kier alpha value is -3.03. The van der Waals surface area contributed by atoms with Gasteiger partial charge >= 0.3 is 0 Å². The highest BCUT2D eigenvalue weighted by atomic mass is 19.1. The van der Waals surface area contributed by atoms with Crippen molar-refractivity contribution in [2.75, 3.05) is 13.1 Å². The van der Waals surface area contributed by atoms with Crippen LogP contribution in [0, 0.1) is 5.82 Å². The second-order valence-electron chi connectivity index (χ2n) is 8.21. The van der Waals surface area contributed by atoms with Crippen LogP contribution in [0.5, 0.6) is 0 Å². The normalized spacial score (nSPS) is 18.6. The zero-order chi connectivity index (χ0) is 22.0. The molecule has 1 N–H and O–H groups in total. The number of amides is 2. The fourth-order valence-corrected chi connectivity index (χ4v) is 4.42. The molecule has 2 amide bonds. The highest BCUT2D eigenvalue weighted by molar-refractivity contribution is 5.94. The SMILES string of the molecule is CCCC(=O)N1CCc2c(nc(C3CCCCN3C(=O)c3ccc(F)cc3)[nH]c2=O)C1. The van der Waals surface area contributed by atoms with Crippen LogP contribution in [0.2, 0.25) is 0 Å². The maximum Gasteiger partial charge on any atom is 0.254 e. The molecule has 4 rings (SSSR count). The van der Waals surface area contributed by atoms with Gasteiger partial charge in [0.2, 0.25) is 5.91 Å². The molecule has 0 spiro atoms. The molecule has 1 aromatic heterocycles. The highest BCUT2D eigenvalue weighted by Gasteiger charge is 2.32. The molecular weight excluding hydrogens is 399 g/mol. The molecule has 7 nitrogen and oxygen atoms in total. The van der Waals surface area contributed by atoms with E-state index in [-0.39, 0.29) is 23.4 Å². The topological polar surface area (TPSA) is 86.4 Å². The molecule has 2 aromatic rings. The van der Waals surface area contributed by atoms with Crippen LogP contribution in [0.25, 0.3) is 0 Å². The lowest BCUT2D eigenvalue weighted by atomic mass is 9.99. The minimum absolute atomic E-state index is 0.0718. The van der Waals surface area contributed by atoms with Gasteiger partial charge in [-0.15, -0.1) is 0 Å². The van der Waals surface area contributed by atoms with Gasteiger partial charge in [-0.05, 0) is 56.4 Å². The van der Waals surface area contributed by atoms with E-state index in [1.165, 1.54) is 24.3 Å². The number of benzene rings is 1. The van der Waals surface area contributed by atoms with Crippen LogP contribution in [0.4, 0.5) is 4.39 Å². The molecule has 2 aliphatic rings. The van der Waals surface area contributed by atoms with Gasteiger partial charge in [0.1, 0.15) is 11.6 Å². The third-order valence-corrected chi connectivity index (χ3v) is 6.08. The van der Waals surface area contributed by atoms with Crippen molar-refractivity contribution in [3.05, 3.63) is 63.1 Å². The predicted octanol–water partition coefficient (Wildman–Crippen LogP) is 2.96. The zero-order valence-electron chi connectivity index (χ0n) is 17.7. The summed E-state index contributed by atoms with van der Waals surface area (Å²) in [5.74, 6) is -0.0642. The summed E-state index contributed by atoms with van der Waals surface area (Å²) in [4.78, 5) is 49.3. The maximum absolute atomic E-state index is 13.3. The van der Waals surface area contributed by atoms with E-state index in [1.807, 2.05) is 6.92 Å². The van der Waals surface area contributed by atoms with Gasteiger partial charge < -0.3 is 14.8 Å². The van der Waals surface area contributed by atoms with Crippen LogP contribution in [-0.2, 0) is 17.8 Å². The minimum Gasteiger partial charge on any atom is -0.336 e. The number of piperidine rings is 1. The number of aromatic nitrogens is 2. The van der Waals surface area contributed by atoms with Crippen LogP contribution in [-0.4, -0.2) is 44.7 Å². The van der Waals surface area contributed by atoms with E-state index in [2.05, 4.69) is 4.98 Å². The molecule has 1 saturated heterocycles. The van der Waals surface area contributed by atoms with Gasteiger partial charge in [-0.3, -0.25) is 14.4 Å². The molecule has 8 heteroatoms. The molecule has 1 aromatic carbocycles. The van der Waals surface area contributed by atoms with E-state index in [9.17, 15) is 18.8 Å². The zero-order valence-corrected chi connectivity index (χ0v) is 17.7. The number of carbonyl (C=O) groups excluding carboxylic acids is 2. The van der Waals surface area contributed by atoms with Crippen molar-refractivity contribution < 1.29 is 14.0 Å². The summed E-state index contributed by atoms with van der Waals surface area (Å²) in [7, 11) is 0. The van der Waals surface area contributed by atoms with Crippen molar-refractivity contribution in [3.8, 4) is 0 Å². The van der Waals surface area contributed by atoms with Crippen LogP contribution >= 0.6 is 0 Å². The largest absolute Gasteiger partial charge is 0.336 e. The van der Waals surface area contributed by atoms with Gasteiger partial charge in [-0.25, -0.2) is 9.37 Å². The van der Waals surface area contributed by atoms with Crippen molar-refractivity contribution >= 4 is 11.8 Å². The van der Waals surface area contributed by atoms with Crippen LogP contribution in [0.1, 0.15) is 72.5 Å². The Morgan fingerprint density at radius 2 is 1.97 bits per heavy atom. The monoisotopic (exact) mass is 426 g/mol. The Morgan fingerprint density at radius 3 is 2.71 bits per heavy atom. The van der Waals surface area contributed by atoms with E-state index in [4.69, 9.17) is 4.98 Å². The number of rotatable bonds is 4. The quantitative estimate of drug-likeness (QED) is 0.814. The Labute approximate surface area is 180 Å². The smallest absolute Gasteiger partial charge is 0.254 e. The molecule has 164 valence electrons. The predicted molar refractivity (Wildman–Crippen MR) is 113 cm³/mol. The molecule has 0 bridgehead atoms. The molecule has 0 aliphatic carbocycles. The lowest BCUT2D eigenvalue weighted by Gasteiger charge is -2.36. The second kappa shape index (κ2) is 8.99. The Kier molecular flexibility index (Phi) is 6.15. The van der Waals surface area contributed by atoms with Crippen molar-refractivity contribution in [1.82, 2.24) is 19.8 Å². The number of hydrogen-bond donors (Lipinski definition) is 1. The van der Waals surface area contributed by atoms with Crippen molar-refractivity contribution in [2.45, 2.75) is 58.0 Å². The Morgan fingerprint density at radius 1 is 1.19 bits per heavy atom. The Balaban J connectivity index is 1.63. The molecule has 31 heavy (non-hydrogen) atoms. The summed E-state index contributed by atoms with van der Waals surface area (Å²) in [6.07, 6.45) is 4.20. The van der Waals surface area contributed by atoms with Gasteiger partial charge in [0, 0.05) is 30.6 Å². The first-order valence-corrected chi connectivity index (χ1v) is 10.9. The van der Waals surface area contributed by atoms with Crippen LogP contribution < -0.4 is 5.56 Å². The van der Waals surface area contributed by atoms with Crippen molar-refractivity contribution in [1.29, 1.82) is 0 Å². The van der Waals surface area contributed by atoms with Gasteiger partial charge in [-0.2, -0.15) is 0 Å². The number of hydrogen-bond acceptors (Lipinski definition) is 4. The highest BCUT2D eigenvalue weighted by Crippen LogP contribution is 2.30. The number of nitrogens with zero attached hydrogens (tertiary/aromatic N) is 3. The van der Waals surface area contributed by atoms with E-state index >= 15 is 0 Å². The number of aromatic amines is 1. The van der Waals surface area contributed by atoms with Crippen molar-refractivity contribution in [3.63, 3.8) is 0 Å². The summed E-state index contributed by atoms with van der Waals surface area (Å²) >= 11 is 0. The number of nitrogens with one attached hydrogen (secondary N) is 1. The third kappa shape index (κ3) is 4.38. The third-order valence-electron chi connectivity index (χ3n) is 6.08. The van der Waals surface area contributed by atoms with E-state index in [0.717, 1.165) is 19.3 Å². The molecule has 0 radical (unpaired) electrons. The van der Waals surface area contributed by atoms with E-state index in [1.54, 1.807) is 9.80 Å². The van der Waals surface area contributed by atoms with Gasteiger partial charge in [-0.1, -0.05) is 6.92 Å². The van der Waals surface area contributed by atoms with Crippen LogP contribution in [0.3, 0.4) is 0 Å². The maximum atomic E-state index is 13.3. The second-order valence-corrected chi connectivity index (χ2v) is 8.21. The number of fused-ring (bicyclic) bond motifs is 1. The van der Waals surface area contributed by atoms with Crippen molar-refractivity contribution in [2.24, 2.45) is 0 Å². The molecular formula is C23H27FN4O3. The fraction of sp³-hybridized carbons (Fsp3) is 0.478. The molecule has 0 saturated carbocycles. The molecule has 3 heterocycles. The number of halogens is 1. The molecule has 1 fully saturated rings. The van der Waals surface area contributed by atoms with Gasteiger partial charge in [0.15, 0.2) is 0 Å². The van der Waals surface area contributed by atoms with Gasteiger partial charge in [0.05, 0.1) is 18.3 Å². The summed E-state index contributed by atoms with van der Waals surface area (Å²) in [6.45, 7) is 3.35. The summed E-state index contributed by atoms with van der Waals surface area (Å²) in [5.41, 5.74) is 1.46. The number of likely N-dealkylation sites (tertiary alicyclic amines) is 1. The fourth-order valence-electron chi connectivity index (χ4n) is 4.42. The first-order valence-electron chi connectivity index (χ1n) is 10.9. The number of carbonyl (C=O) groups is 2.